The highest BCUT2D eigenvalue weighted by Gasteiger charge is 2.42. The van der Waals surface area contributed by atoms with E-state index >= 15 is 0 Å². The van der Waals surface area contributed by atoms with Crippen molar-refractivity contribution in [2.24, 2.45) is 0 Å². The lowest BCUT2D eigenvalue weighted by molar-refractivity contribution is -0.142. The van der Waals surface area contributed by atoms with Crippen molar-refractivity contribution in [3.63, 3.8) is 0 Å². The van der Waals surface area contributed by atoms with Crippen LogP contribution in [0.5, 0.6) is 5.75 Å². The van der Waals surface area contributed by atoms with Gasteiger partial charge in [-0.15, -0.1) is 0 Å². The molecule has 10 heteroatoms. The molecule has 1 heterocycles. The van der Waals surface area contributed by atoms with E-state index < -0.39 is 23.6 Å². The van der Waals surface area contributed by atoms with Crippen molar-refractivity contribution in [1.29, 1.82) is 0 Å². The molecule has 1 aliphatic heterocycles. The van der Waals surface area contributed by atoms with E-state index in [4.69, 9.17) is 44.3 Å². The molecule has 2 amide bonds. The number of anilines is 1. The van der Waals surface area contributed by atoms with Gasteiger partial charge in [0.15, 0.2) is 0 Å². The van der Waals surface area contributed by atoms with E-state index in [0.29, 0.717) is 5.56 Å². The van der Waals surface area contributed by atoms with Crippen molar-refractivity contribution < 1.29 is 28.2 Å². The average Bonchev–Trinajstić information content (AvgIpc) is 3.06. The number of hydrogen-bond donors (Lipinski definition) is 0. The lowest BCUT2D eigenvalue weighted by Gasteiger charge is -2.16. The van der Waals surface area contributed by atoms with Crippen LogP contribution in [0.25, 0.3) is 0 Å². The SMILES string of the molecule is CCOC(=O)Cc1ccc(N2C(=O)c3c(Cl)ccc(OCc4ccc(Cl)cc4F)c3C2=O)c(Cl)c1. The number of fused-ring (bicyclic) bond motifs is 1. The van der Waals surface area contributed by atoms with Crippen LogP contribution in [0.4, 0.5) is 10.1 Å². The van der Waals surface area contributed by atoms with E-state index in [0.717, 1.165) is 11.0 Å². The maximum atomic E-state index is 14.2. The summed E-state index contributed by atoms with van der Waals surface area (Å²) in [7, 11) is 0. The number of ether oxygens (including phenoxy) is 2. The summed E-state index contributed by atoms with van der Waals surface area (Å²) in [5.74, 6) is -2.31. The highest BCUT2D eigenvalue weighted by atomic mass is 35.5. The second kappa shape index (κ2) is 10.2. The van der Waals surface area contributed by atoms with E-state index in [2.05, 4.69) is 0 Å². The zero-order valence-corrected chi connectivity index (χ0v) is 20.5. The zero-order chi connectivity index (χ0) is 25.3. The number of imide groups is 1. The Hall–Kier alpha value is -3.13. The summed E-state index contributed by atoms with van der Waals surface area (Å²) in [5, 5.41) is 0.379. The van der Waals surface area contributed by atoms with Crippen LogP contribution in [0.3, 0.4) is 0 Å². The van der Waals surface area contributed by atoms with Crippen LogP contribution in [0.2, 0.25) is 15.1 Å². The van der Waals surface area contributed by atoms with E-state index in [1.165, 1.54) is 36.4 Å². The first kappa shape index (κ1) is 25.0. The standard InChI is InChI=1S/C25H17Cl3FNO5/c1-2-34-21(31)10-13-3-7-19(17(28)9-13)30-24(32)22-16(27)6-8-20(23(22)25(30)33)35-12-14-4-5-15(26)11-18(14)29/h3-9,11H,2,10,12H2,1H3. The third-order valence-corrected chi connectivity index (χ3v) is 6.11. The summed E-state index contributed by atoms with van der Waals surface area (Å²) >= 11 is 18.4. The minimum Gasteiger partial charge on any atom is -0.488 e. The summed E-state index contributed by atoms with van der Waals surface area (Å²) in [6.45, 7) is 1.74. The van der Waals surface area contributed by atoms with Gasteiger partial charge in [0.05, 0.1) is 39.9 Å². The Morgan fingerprint density at radius 1 is 0.943 bits per heavy atom. The minimum atomic E-state index is -0.695. The third-order valence-electron chi connectivity index (χ3n) is 5.26. The molecule has 1 aliphatic rings. The lowest BCUT2D eigenvalue weighted by atomic mass is 10.1. The molecule has 0 aromatic heterocycles. The van der Waals surface area contributed by atoms with Gasteiger partial charge >= 0.3 is 5.97 Å². The maximum Gasteiger partial charge on any atom is 0.310 e. The number of amides is 2. The number of nitrogens with zero attached hydrogens (tertiary/aromatic N) is 1. The second-order valence-corrected chi connectivity index (χ2v) is 8.78. The summed E-state index contributed by atoms with van der Waals surface area (Å²) in [6, 6.07) is 11.5. The van der Waals surface area contributed by atoms with Crippen molar-refractivity contribution >= 4 is 58.3 Å². The Morgan fingerprint density at radius 3 is 2.37 bits per heavy atom. The number of hydrogen-bond acceptors (Lipinski definition) is 5. The molecule has 6 nitrogen and oxygen atoms in total. The van der Waals surface area contributed by atoms with Gasteiger partial charge in [-0.3, -0.25) is 14.4 Å². The van der Waals surface area contributed by atoms with Gasteiger partial charge in [0.1, 0.15) is 18.2 Å². The average molecular weight is 537 g/mol. The highest BCUT2D eigenvalue weighted by molar-refractivity contribution is 6.44. The fourth-order valence-electron chi connectivity index (χ4n) is 3.65. The summed E-state index contributed by atoms with van der Waals surface area (Å²) < 4.78 is 24.8. The quantitative estimate of drug-likeness (QED) is 0.263. The van der Waals surface area contributed by atoms with Crippen molar-refractivity contribution in [3.05, 3.63) is 91.7 Å². The molecule has 4 rings (SSSR count). The number of halogens is 4. The Morgan fingerprint density at radius 2 is 1.69 bits per heavy atom. The molecule has 0 saturated carbocycles. The van der Waals surface area contributed by atoms with Crippen LogP contribution in [-0.4, -0.2) is 24.4 Å². The molecular formula is C25H17Cl3FNO5. The summed E-state index contributed by atoms with van der Waals surface area (Å²) in [4.78, 5) is 39.2. The van der Waals surface area contributed by atoms with Crippen molar-refractivity contribution in [1.82, 2.24) is 0 Å². The number of rotatable bonds is 7. The molecule has 3 aromatic rings. The van der Waals surface area contributed by atoms with Crippen molar-refractivity contribution in [2.45, 2.75) is 20.0 Å². The molecule has 0 N–H and O–H groups in total. The Labute approximate surface area is 215 Å². The molecule has 0 atom stereocenters. The fraction of sp³-hybridized carbons (Fsp3) is 0.160. The largest absolute Gasteiger partial charge is 0.488 e. The molecule has 0 bridgehead atoms. The predicted octanol–water partition coefficient (Wildman–Crippen LogP) is 6.27. The van der Waals surface area contributed by atoms with Gasteiger partial charge in [0, 0.05) is 10.6 Å². The smallest absolute Gasteiger partial charge is 0.310 e. The molecule has 0 aliphatic carbocycles. The summed E-state index contributed by atoms with van der Waals surface area (Å²) in [5.41, 5.74) is 0.796. The van der Waals surface area contributed by atoms with Gasteiger partial charge in [0.2, 0.25) is 0 Å². The molecule has 0 unspecified atom stereocenters. The Bertz CT molecular complexity index is 1360. The monoisotopic (exact) mass is 535 g/mol. The molecule has 0 saturated heterocycles. The van der Waals surface area contributed by atoms with E-state index in [-0.39, 0.29) is 62.8 Å². The molecule has 180 valence electrons. The van der Waals surface area contributed by atoms with E-state index in [9.17, 15) is 18.8 Å². The molecule has 0 radical (unpaired) electrons. The second-order valence-electron chi connectivity index (χ2n) is 7.53. The van der Waals surface area contributed by atoms with Gasteiger partial charge in [-0.1, -0.05) is 46.9 Å². The van der Waals surface area contributed by atoms with E-state index in [1.807, 2.05) is 0 Å². The highest BCUT2D eigenvalue weighted by Crippen LogP contribution is 2.40. The van der Waals surface area contributed by atoms with Crippen LogP contribution in [0.15, 0.2) is 48.5 Å². The number of carbonyl (C=O) groups is 3. The first-order valence-corrected chi connectivity index (χ1v) is 11.6. The first-order chi connectivity index (χ1) is 16.7. The number of carbonyl (C=O) groups excluding carboxylic acids is 3. The molecular weight excluding hydrogens is 520 g/mol. The lowest BCUT2D eigenvalue weighted by Crippen LogP contribution is -2.29. The van der Waals surface area contributed by atoms with Crippen LogP contribution >= 0.6 is 34.8 Å². The van der Waals surface area contributed by atoms with Crippen molar-refractivity contribution in [3.8, 4) is 5.75 Å². The molecule has 0 fully saturated rings. The molecule has 3 aromatic carbocycles. The normalized spacial score (nSPS) is 12.7. The Kier molecular flexibility index (Phi) is 7.31. The molecule has 35 heavy (non-hydrogen) atoms. The third kappa shape index (κ3) is 4.98. The predicted molar refractivity (Wildman–Crippen MR) is 130 cm³/mol. The summed E-state index contributed by atoms with van der Waals surface area (Å²) in [6.07, 6.45) is -0.0129. The first-order valence-electron chi connectivity index (χ1n) is 10.4. The minimum absolute atomic E-state index is 0.0129. The Balaban J connectivity index is 1.64. The van der Waals surface area contributed by atoms with Gasteiger partial charge in [0.25, 0.3) is 11.8 Å². The van der Waals surface area contributed by atoms with Crippen LogP contribution in [0, 0.1) is 5.82 Å². The van der Waals surface area contributed by atoms with Crippen LogP contribution in [-0.2, 0) is 22.6 Å². The zero-order valence-electron chi connectivity index (χ0n) is 18.2. The maximum absolute atomic E-state index is 14.2. The van der Waals surface area contributed by atoms with Gasteiger partial charge in [-0.2, -0.15) is 0 Å². The van der Waals surface area contributed by atoms with Crippen molar-refractivity contribution in [2.75, 3.05) is 11.5 Å². The van der Waals surface area contributed by atoms with Gasteiger partial charge < -0.3 is 9.47 Å². The topological polar surface area (TPSA) is 72.9 Å². The van der Waals surface area contributed by atoms with Gasteiger partial charge in [-0.25, -0.2) is 9.29 Å². The van der Waals surface area contributed by atoms with E-state index in [1.54, 1.807) is 13.0 Å². The van der Waals surface area contributed by atoms with Crippen LogP contribution in [0.1, 0.15) is 38.8 Å². The fourth-order valence-corrected chi connectivity index (χ4v) is 4.33. The number of esters is 1. The van der Waals surface area contributed by atoms with Crippen LogP contribution < -0.4 is 9.64 Å². The number of benzene rings is 3. The molecule has 0 spiro atoms. The van der Waals surface area contributed by atoms with Gasteiger partial charge in [-0.05, 0) is 48.9 Å².